The van der Waals surface area contributed by atoms with Crippen molar-refractivity contribution >= 4 is 43.6 Å². The van der Waals surface area contributed by atoms with Crippen molar-refractivity contribution in [2.24, 2.45) is 0 Å². The Morgan fingerprint density at radius 1 is 1.03 bits per heavy atom. The fourth-order valence-electron chi connectivity index (χ4n) is 4.10. The summed E-state index contributed by atoms with van der Waals surface area (Å²) in [5, 5.41) is 0.983. The predicted octanol–water partition coefficient (Wildman–Crippen LogP) is 4.86. The first-order chi connectivity index (χ1) is 15.1. The van der Waals surface area contributed by atoms with Gasteiger partial charge in [0, 0.05) is 12.4 Å². The zero-order valence-corrected chi connectivity index (χ0v) is 17.2. The molecule has 0 aliphatic carbocycles. The number of anilines is 1. The normalized spacial score (nSPS) is 15.7. The zero-order valence-electron chi connectivity index (χ0n) is 16.4. The van der Waals surface area contributed by atoms with Crippen LogP contribution in [-0.2, 0) is 0 Å². The van der Waals surface area contributed by atoms with Crippen LogP contribution in [0, 0.1) is 6.92 Å². The van der Waals surface area contributed by atoms with Gasteiger partial charge in [-0.3, -0.25) is 19.5 Å². The number of aryl methyl sites for hydroxylation is 1. The lowest BCUT2D eigenvalue weighted by Crippen LogP contribution is -2.29. The Kier molecular flexibility index (Phi) is 3.82. The van der Waals surface area contributed by atoms with Crippen LogP contribution in [0.3, 0.4) is 0 Å². The molecule has 0 N–H and O–H groups in total. The van der Waals surface area contributed by atoms with E-state index in [1.165, 1.54) is 11.3 Å². The Morgan fingerprint density at radius 3 is 2.68 bits per heavy atom. The monoisotopic (exact) mass is 425 g/mol. The highest BCUT2D eigenvalue weighted by atomic mass is 32.1. The SMILES string of the molecule is Cc1ccc2nc(N3C(=O)c4oc5ccccc5c(=O)c4C3c3ccncc3)sc2c1. The summed E-state index contributed by atoms with van der Waals surface area (Å²) < 4.78 is 6.95. The summed E-state index contributed by atoms with van der Waals surface area (Å²) in [6.45, 7) is 2.02. The number of aromatic nitrogens is 2. The van der Waals surface area contributed by atoms with Gasteiger partial charge in [0.15, 0.2) is 10.6 Å². The number of carbonyl (C=O) groups excluding carboxylic acids is 1. The maximum atomic E-state index is 13.6. The van der Waals surface area contributed by atoms with Gasteiger partial charge in [0.05, 0.1) is 27.2 Å². The number of benzene rings is 2. The van der Waals surface area contributed by atoms with Crippen molar-refractivity contribution in [2.75, 3.05) is 4.90 Å². The van der Waals surface area contributed by atoms with Crippen LogP contribution >= 0.6 is 11.3 Å². The number of rotatable bonds is 2. The summed E-state index contributed by atoms with van der Waals surface area (Å²) in [4.78, 5) is 37.4. The molecule has 1 aliphatic rings. The van der Waals surface area contributed by atoms with Gasteiger partial charge in [0.25, 0.3) is 5.91 Å². The van der Waals surface area contributed by atoms with Crippen LogP contribution in [0.1, 0.15) is 33.3 Å². The van der Waals surface area contributed by atoms with Gasteiger partial charge in [-0.2, -0.15) is 0 Å². The lowest BCUT2D eigenvalue weighted by molar-refractivity contribution is 0.0971. The average Bonchev–Trinajstić information content (AvgIpc) is 3.33. The van der Waals surface area contributed by atoms with Crippen molar-refractivity contribution in [3.8, 4) is 0 Å². The molecule has 0 fully saturated rings. The van der Waals surface area contributed by atoms with E-state index in [9.17, 15) is 9.59 Å². The third kappa shape index (κ3) is 2.63. The molecule has 2 aromatic carbocycles. The van der Waals surface area contributed by atoms with Gasteiger partial charge < -0.3 is 4.42 Å². The Bertz CT molecular complexity index is 1560. The second kappa shape index (κ2) is 6.58. The van der Waals surface area contributed by atoms with Crippen LogP contribution in [-0.4, -0.2) is 15.9 Å². The summed E-state index contributed by atoms with van der Waals surface area (Å²) in [5.74, 6) is -0.295. The molecule has 1 aliphatic heterocycles. The third-order valence-corrected chi connectivity index (χ3v) is 6.56. The Balaban J connectivity index is 1.64. The van der Waals surface area contributed by atoms with Crippen LogP contribution in [0.15, 0.2) is 76.2 Å². The fourth-order valence-corrected chi connectivity index (χ4v) is 5.19. The van der Waals surface area contributed by atoms with E-state index < -0.39 is 6.04 Å². The molecule has 31 heavy (non-hydrogen) atoms. The predicted molar refractivity (Wildman–Crippen MR) is 120 cm³/mol. The van der Waals surface area contributed by atoms with Gasteiger partial charge >= 0.3 is 0 Å². The number of nitrogens with zero attached hydrogens (tertiary/aromatic N) is 3. The van der Waals surface area contributed by atoms with Crippen molar-refractivity contribution in [3.63, 3.8) is 0 Å². The number of fused-ring (bicyclic) bond motifs is 3. The minimum Gasteiger partial charge on any atom is -0.450 e. The van der Waals surface area contributed by atoms with Crippen molar-refractivity contribution < 1.29 is 9.21 Å². The summed E-state index contributed by atoms with van der Waals surface area (Å²) in [7, 11) is 0. The molecule has 4 heterocycles. The van der Waals surface area contributed by atoms with E-state index in [2.05, 4.69) is 4.98 Å². The molecule has 1 amide bonds. The van der Waals surface area contributed by atoms with Crippen molar-refractivity contribution in [3.05, 3.63) is 99.7 Å². The number of thiazole rings is 1. The van der Waals surface area contributed by atoms with Gasteiger partial charge in [-0.1, -0.05) is 29.5 Å². The number of para-hydroxylation sites is 1. The lowest BCUT2D eigenvalue weighted by Gasteiger charge is -2.22. The molecule has 0 bridgehead atoms. The second-order valence-electron chi connectivity index (χ2n) is 7.50. The number of hydrogen-bond donors (Lipinski definition) is 0. The van der Waals surface area contributed by atoms with E-state index in [0.29, 0.717) is 21.7 Å². The Hall–Kier alpha value is -3.84. The number of hydrogen-bond acceptors (Lipinski definition) is 6. The highest BCUT2D eigenvalue weighted by Gasteiger charge is 2.44. The van der Waals surface area contributed by atoms with E-state index in [1.54, 1.807) is 41.6 Å². The molecular formula is C24H15N3O3S. The highest BCUT2D eigenvalue weighted by Crippen LogP contribution is 2.43. The zero-order chi connectivity index (χ0) is 21.1. The van der Waals surface area contributed by atoms with Gasteiger partial charge in [-0.25, -0.2) is 4.98 Å². The van der Waals surface area contributed by atoms with Crippen LogP contribution < -0.4 is 10.3 Å². The second-order valence-corrected chi connectivity index (χ2v) is 8.51. The first-order valence-electron chi connectivity index (χ1n) is 9.78. The molecule has 0 spiro atoms. The maximum absolute atomic E-state index is 13.6. The molecule has 7 heteroatoms. The molecule has 6 nitrogen and oxygen atoms in total. The fraction of sp³-hybridized carbons (Fsp3) is 0.0833. The Morgan fingerprint density at radius 2 is 1.84 bits per heavy atom. The number of carbonyl (C=O) groups is 1. The van der Waals surface area contributed by atoms with Crippen LogP contribution in [0.25, 0.3) is 21.2 Å². The molecule has 6 rings (SSSR count). The van der Waals surface area contributed by atoms with Crippen LogP contribution in [0.5, 0.6) is 0 Å². The van der Waals surface area contributed by atoms with Gasteiger partial charge in [0.2, 0.25) is 5.76 Å². The quantitative estimate of drug-likeness (QED) is 0.404. The van der Waals surface area contributed by atoms with Crippen molar-refractivity contribution in [2.45, 2.75) is 13.0 Å². The van der Waals surface area contributed by atoms with Crippen LogP contribution in [0.4, 0.5) is 5.13 Å². The molecule has 1 atom stereocenters. The van der Waals surface area contributed by atoms with Crippen LogP contribution in [0.2, 0.25) is 0 Å². The first-order valence-corrected chi connectivity index (χ1v) is 10.6. The lowest BCUT2D eigenvalue weighted by atomic mass is 10.00. The van der Waals surface area contributed by atoms with Crippen molar-refractivity contribution in [1.82, 2.24) is 9.97 Å². The average molecular weight is 425 g/mol. The Labute approximate surface area is 180 Å². The third-order valence-electron chi connectivity index (χ3n) is 5.54. The number of pyridine rings is 1. The van der Waals surface area contributed by atoms with E-state index in [1.807, 2.05) is 37.3 Å². The molecule has 0 radical (unpaired) electrons. The summed E-state index contributed by atoms with van der Waals surface area (Å²) in [6, 6.07) is 16.0. The van der Waals surface area contributed by atoms with Crippen molar-refractivity contribution in [1.29, 1.82) is 0 Å². The van der Waals surface area contributed by atoms with E-state index >= 15 is 0 Å². The number of amides is 1. The van der Waals surface area contributed by atoms with E-state index in [0.717, 1.165) is 21.3 Å². The maximum Gasteiger partial charge on any atom is 0.297 e. The highest BCUT2D eigenvalue weighted by molar-refractivity contribution is 7.22. The summed E-state index contributed by atoms with van der Waals surface area (Å²) >= 11 is 1.43. The molecule has 0 saturated heterocycles. The molecule has 1 unspecified atom stereocenters. The van der Waals surface area contributed by atoms with Gasteiger partial charge in [-0.15, -0.1) is 0 Å². The minimum absolute atomic E-state index is 0.0703. The largest absolute Gasteiger partial charge is 0.450 e. The molecule has 3 aromatic heterocycles. The summed E-state index contributed by atoms with van der Waals surface area (Å²) in [5.41, 5.74) is 3.24. The molecule has 150 valence electrons. The summed E-state index contributed by atoms with van der Waals surface area (Å²) in [6.07, 6.45) is 3.31. The molecule has 5 aromatic rings. The van der Waals surface area contributed by atoms with E-state index in [-0.39, 0.29) is 17.1 Å². The molecule has 0 saturated carbocycles. The molecular weight excluding hydrogens is 410 g/mol. The van der Waals surface area contributed by atoms with Gasteiger partial charge in [-0.05, 0) is 54.4 Å². The standard InChI is InChI=1S/C24H15N3O3S/c1-13-6-7-16-18(12-13)31-24(26-16)27-20(14-8-10-25-11-9-14)19-21(28)15-4-2-3-5-17(15)30-22(19)23(27)29/h2-12,20H,1H3. The first kappa shape index (κ1) is 18.0. The smallest absolute Gasteiger partial charge is 0.297 e. The minimum atomic E-state index is -0.631. The van der Waals surface area contributed by atoms with E-state index in [4.69, 9.17) is 9.40 Å². The van der Waals surface area contributed by atoms with Gasteiger partial charge in [0.1, 0.15) is 5.58 Å². The topological polar surface area (TPSA) is 76.3 Å².